The molecule has 4 fully saturated rings. The minimum atomic E-state index is -1.17. The van der Waals surface area contributed by atoms with Gasteiger partial charge in [-0.1, -0.05) is 12.8 Å². The number of benzene rings is 2. The van der Waals surface area contributed by atoms with Crippen LogP contribution in [0, 0.1) is 0 Å². The first-order valence-electron chi connectivity index (χ1n) is 14.4. The van der Waals surface area contributed by atoms with Gasteiger partial charge in [0, 0.05) is 56.6 Å². The number of hydrogen-bond donors (Lipinski definition) is 0. The van der Waals surface area contributed by atoms with E-state index in [2.05, 4.69) is 4.90 Å². The standard InChI is InChI=1S/C30H38N4O4S/c35-29-22-32(30(36)23-6-12-28(13-7-23)39(37)33-16-3-17-33)20-21-34(29)25-8-10-26(11-9-25)38-27-14-18-31(19-15-27)24-4-1-2-5-24/h6-13,24,27H,1-5,14-22H2. The molecule has 0 aromatic heterocycles. The van der Waals surface area contributed by atoms with E-state index < -0.39 is 11.0 Å². The van der Waals surface area contributed by atoms with E-state index in [1.165, 1.54) is 25.7 Å². The number of amides is 2. The van der Waals surface area contributed by atoms with Gasteiger partial charge >= 0.3 is 0 Å². The van der Waals surface area contributed by atoms with E-state index >= 15 is 0 Å². The highest BCUT2D eigenvalue weighted by Crippen LogP contribution is 2.28. The molecule has 3 heterocycles. The number of carbonyl (C=O) groups is 2. The van der Waals surface area contributed by atoms with E-state index in [0.29, 0.717) is 23.5 Å². The van der Waals surface area contributed by atoms with Crippen molar-refractivity contribution in [1.82, 2.24) is 14.1 Å². The van der Waals surface area contributed by atoms with Crippen LogP contribution < -0.4 is 9.64 Å². The molecular weight excluding hydrogens is 512 g/mol. The van der Waals surface area contributed by atoms with Crippen molar-refractivity contribution >= 4 is 28.5 Å². The smallest absolute Gasteiger partial charge is 0.254 e. The lowest BCUT2D eigenvalue weighted by Gasteiger charge is -2.36. The van der Waals surface area contributed by atoms with Gasteiger partial charge in [0.15, 0.2) is 0 Å². The lowest BCUT2D eigenvalue weighted by atomic mass is 10.0. The summed E-state index contributed by atoms with van der Waals surface area (Å²) >= 11 is 0. The molecule has 2 amide bonds. The third-order valence-corrected chi connectivity index (χ3v) is 10.1. The van der Waals surface area contributed by atoms with Crippen LogP contribution in [0.4, 0.5) is 5.69 Å². The van der Waals surface area contributed by atoms with Gasteiger partial charge < -0.3 is 19.4 Å². The van der Waals surface area contributed by atoms with Crippen LogP contribution in [0.2, 0.25) is 0 Å². The van der Waals surface area contributed by atoms with Crippen LogP contribution in [0.3, 0.4) is 0 Å². The van der Waals surface area contributed by atoms with Crippen molar-refractivity contribution in [2.24, 2.45) is 0 Å². The highest BCUT2D eigenvalue weighted by molar-refractivity contribution is 7.82. The maximum absolute atomic E-state index is 13.0. The molecule has 1 aliphatic carbocycles. The van der Waals surface area contributed by atoms with Crippen LogP contribution in [0.15, 0.2) is 53.4 Å². The summed E-state index contributed by atoms with van der Waals surface area (Å²) in [6.07, 6.45) is 8.88. The molecule has 1 unspecified atom stereocenters. The Balaban J connectivity index is 0.992. The molecular formula is C30H38N4O4S. The topological polar surface area (TPSA) is 73.4 Å². The predicted molar refractivity (Wildman–Crippen MR) is 151 cm³/mol. The zero-order valence-corrected chi connectivity index (χ0v) is 23.3. The predicted octanol–water partition coefficient (Wildman–Crippen LogP) is 3.69. The van der Waals surface area contributed by atoms with E-state index in [4.69, 9.17) is 4.74 Å². The average Bonchev–Trinajstić information content (AvgIpc) is 3.48. The van der Waals surface area contributed by atoms with E-state index in [1.807, 2.05) is 28.6 Å². The van der Waals surface area contributed by atoms with Gasteiger partial charge in [-0.2, -0.15) is 0 Å². The number of rotatable bonds is 7. The van der Waals surface area contributed by atoms with Gasteiger partial charge in [-0.15, -0.1) is 0 Å². The van der Waals surface area contributed by atoms with Crippen LogP contribution in [0.25, 0.3) is 0 Å². The van der Waals surface area contributed by atoms with E-state index in [9.17, 15) is 13.8 Å². The number of piperazine rings is 1. The highest BCUT2D eigenvalue weighted by Gasteiger charge is 2.30. The third-order valence-electron chi connectivity index (χ3n) is 8.63. The van der Waals surface area contributed by atoms with Gasteiger partial charge in [0.2, 0.25) is 5.91 Å². The van der Waals surface area contributed by atoms with Crippen molar-refractivity contribution in [3.63, 3.8) is 0 Å². The monoisotopic (exact) mass is 550 g/mol. The summed E-state index contributed by atoms with van der Waals surface area (Å²) in [4.78, 5) is 32.7. The molecule has 0 radical (unpaired) electrons. The maximum atomic E-state index is 13.0. The maximum Gasteiger partial charge on any atom is 0.254 e. The zero-order chi connectivity index (χ0) is 26.8. The van der Waals surface area contributed by atoms with Gasteiger partial charge in [0.25, 0.3) is 5.91 Å². The highest BCUT2D eigenvalue weighted by atomic mass is 32.2. The van der Waals surface area contributed by atoms with Crippen molar-refractivity contribution < 1.29 is 18.5 Å². The Hall–Kier alpha value is -2.75. The Morgan fingerprint density at radius 3 is 2.10 bits per heavy atom. The zero-order valence-electron chi connectivity index (χ0n) is 22.5. The van der Waals surface area contributed by atoms with Crippen molar-refractivity contribution in [3.8, 4) is 5.75 Å². The molecule has 4 aliphatic rings. The lowest BCUT2D eigenvalue weighted by molar-refractivity contribution is -0.120. The molecule has 1 saturated carbocycles. The van der Waals surface area contributed by atoms with Crippen LogP contribution >= 0.6 is 0 Å². The number of piperidine rings is 1. The normalized spacial score (nSPS) is 22.6. The minimum absolute atomic E-state index is 0.0398. The molecule has 0 bridgehead atoms. The molecule has 3 saturated heterocycles. The fraction of sp³-hybridized carbons (Fsp3) is 0.533. The second-order valence-electron chi connectivity index (χ2n) is 11.1. The molecule has 208 valence electrons. The molecule has 2 aromatic carbocycles. The number of nitrogens with zero attached hydrogens (tertiary/aromatic N) is 4. The SMILES string of the molecule is O=C(c1ccc(S(=O)N2CCC2)cc1)N1CCN(c2ccc(OC3CCN(C4CCCC4)CC3)cc2)C(=O)C1. The Morgan fingerprint density at radius 1 is 0.795 bits per heavy atom. The van der Waals surface area contributed by atoms with Crippen LogP contribution in [-0.2, 0) is 15.8 Å². The lowest BCUT2D eigenvalue weighted by Crippen LogP contribution is -2.52. The Bertz CT molecular complexity index is 1190. The summed E-state index contributed by atoms with van der Waals surface area (Å²) in [6.45, 7) is 4.87. The van der Waals surface area contributed by atoms with Crippen LogP contribution in [0.1, 0.15) is 55.3 Å². The number of likely N-dealkylation sites (tertiary alicyclic amines) is 1. The van der Waals surface area contributed by atoms with Crippen LogP contribution in [0.5, 0.6) is 5.75 Å². The third kappa shape index (κ3) is 5.90. The fourth-order valence-corrected chi connectivity index (χ4v) is 7.40. The first-order valence-corrected chi connectivity index (χ1v) is 15.5. The summed E-state index contributed by atoms with van der Waals surface area (Å²) in [6, 6.07) is 15.5. The first kappa shape index (κ1) is 26.5. The van der Waals surface area contributed by atoms with E-state index in [-0.39, 0.29) is 24.5 Å². The molecule has 0 N–H and O–H groups in total. The number of carbonyl (C=O) groups excluding carboxylic acids is 2. The Labute approximate surface area is 233 Å². The van der Waals surface area contributed by atoms with Gasteiger partial charge in [0.05, 0.1) is 4.90 Å². The summed E-state index contributed by atoms with van der Waals surface area (Å²) < 4.78 is 20.7. The van der Waals surface area contributed by atoms with Crippen molar-refractivity contribution in [3.05, 3.63) is 54.1 Å². The van der Waals surface area contributed by atoms with Gasteiger partial charge in [-0.25, -0.2) is 8.51 Å². The largest absolute Gasteiger partial charge is 0.490 e. The van der Waals surface area contributed by atoms with Crippen LogP contribution in [-0.4, -0.2) is 88.1 Å². The van der Waals surface area contributed by atoms with Gasteiger partial charge in [0.1, 0.15) is 29.4 Å². The molecule has 8 nitrogen and oxygen atoms in total. The second kappa shape index (κ2) is 11.8. The number of ether oxygens (including phenoxy) is 1. The molecule has 0 spiro atoms. The second-order valence-corrected chi connectivity index (χ2v) is 12.6. The first-order chi connectivity index (χ1) is 19.0. The van der Waals surface area contributed by atoms with Gasteiger partial charge in [-0.05, 0) is 80.6 Å². The summed E-state index contributed by atoms with van der Waals surface area (Å²) in [7, 11) is -1.17. The Morgan fingerprint density at radius 2 is 1.49 bits per heavy atom. The quantitative estimate of drug-likeness (QED) is 0.526. The molecule has 1 atom stereocenters. The van der Waals surface area contributed by atoms with Crippen molar-refractivity contribution in [2.75, 3.05) is 50.7 Å². The number of anilines is 1. The van der Waals surface area contributed by atoms with Crippen molar-refractivity contribution in [1.29, 1.82) is 0 Å². The minimum Gasteiger partial charge on any atom is -0.490 e. The van der Waals surface area contributed by atoms with E-state index in [1.54, 1.807) is 34.1 Å². The summed E-state index contributed by atoms with van der Waals surface area (Å²) in [5.74, 6) is 0.572. The summed E-state index contributed by atoms with van der Waals surface area (Å²) in [5.41, 5.74) is 1.34. The average molecular weight is 551 g/mol. The van der Waals surface area contributed by atoms with Crippen molar-refractivity contribution in [2.45, 2.75) is 62.0 Å². The fourth-order valence-electron chi connectivity index (χ4n) is 6.14. The molecule has 3 aliphatic heterocycles. The molecule has 6 rings (SSSR count). The molecule has 2 aromatic rings. The summed E-state index contributed by atoms with van der Waals surface area (Å²) in [5, 5.41) is 0. The molecule has 9 heteroatoms. The number of hydrogen-bond acceptors (Lipinski definition) is 5. The van der Waals surface area contributed by atoms with Gasteiger partial charge in [-0.3, -0.25) is 9.59 Å². The van der Waals surface area contributed by atoms with E-state index in [0.717, 1.165) is 62.9 Å². The molecule has 39 heavy (non-hydrogen) atoms. The Kier molecular flexibility index (Phi) is 7.99.